The van der Waals surface area contributed by atoms with Crippen LogP contribution in [0, 0.1) is 17.8 Å². The number of benzene rings is 1. The molecule has 1 aromatic carbocycles. The first-order valence-corrected chi connectivity index (χ1v) is 8.20. The smallest absolute Gasteiger partial charge is 0.321 e. The Bertz CT molecular complexity index is 483. The lowest BCUT2D eigenvalue weighted by Crippen LogP contribution is -2.43. The average Bonchev–Trinajstić information content (AvgIpc) is 2.47. The fourth-order valence-corrected chi connectivity index (χ4v) is 4.19. The van der Waals surface area contributed by atoms with Crippen LogP contribution < -0.4 is 0 Å². The van der Waals surface area contributed by atoms with E-state index < -0.39 is 11.3 Å². The second kappa shape index (κ2) is 6.39. The third kappa shape index (κ3) is 3.42. The van der Waals surface area contributed by atoms with Gasteiger partial charge in [0.15, 0.2) is 0 Å². The van der Waals surface area contributed by atoms with Gasteiger partial charge in [-0.2, -0.15) is 0 Å². The molecule has 0 amide bonds. The lowest BCUT2D eigenvalue weighted by molar-refractivity contribution is -0.138. The van der Waals surface area contributed by atoms with Gasteiger partial charge in [0.1, 0.15) is 5.38 Å². The van der Waals surface area contributed by atoms with Gasteiger partial charge in [-0.15, -0.1) is 11.6 Å². The van der Waals surface area contributed by atoms with Crippen molar-refractivity contribution in [1.29, 1.82) is 0 Å². The van der Waals surface area contributed by atoms with Crippen molar-refractivity contribution in [1.82, 2.24) is 0 Å². The maximum atomic E-state index is 11.4. The second-order valence-corrected chi connectivity index (χ2v) is 7.49. The highest BCUT2D eigenvalue weighted by atomic mass is 35.5. The quantitative estimate of drug-likeness (QED) is 0.818. The Hall–Kier alpha value is -1.02. The first-order chi connectivity index (χ1) is 9.84. The van der Waals surface area contributed by atoms with Gasteiger partial charge in [-0.3, -0.25) is 4.79 Å². The lowest BCUT2D eigenvalue weighted by Gasteiger charge is -2.45. The van der Waals surface area contributed by atoms with Crippen LogP contribution in [-0.4, -0.2) is 16.5 Å². The number of aliphatic carboxylic acids is 1. The summed E-state index contributed by atoms with van der Waals surface area (Å²) in [5.41, 5.74) is 1.21. The summed E-state index contributed by atoms with van der Waals surface area (Å²) in [5, 5.41) is 8.55. The number of alkyl halides is 1. The van der Waals surface area contributed by atoms with Crippen molar-refractivity contribution in [2.75, 3.05) is 0 Å². The summed E-state index contributed by atoms with van der Waals surface area (Å²) in [5.74, 6) is 0.000810. The van der Waals surface area contributed by atoms with Gasteiger partial charge in [-0.05, 0) is 41.6 Å². The van der Waals surface area contributed by atoms with Crippen LogP contribution in [0.5, 0.6) is 0 Å². The molecule has 3 heteroatoms. The largest absolute Gasteiger partial charge is 0.480 e. The number of hydrogen-bond acceptors (Lipinski definition) is 1. The molecule has 4 atom stereocenters. The third-order valence-electron chi connectivity index (χ3n) is 5.22. The summed E-state index contributed by atoms with van der Waals surface area (Å²) in [6.07, 6.45) is 3.10. The molecule has 0 saturated heterocycles. The highest BCUT2D eigenvalue weighted by molar-refractivity contribution is 6.29. The summed E-state index contributed by atoms with van der Waals surface area (Å²) < 4.78 is 0. The van der Waals surface area contributed by atoms with Crippen molar-refractivity contribution in [2.24, 2.45) is 17.8 Å². The van der Waals surface area contributed by atoms with Gasteiger partial charge < -0.3 is 5.11 Å². The van der Waals surface area contributed by atoms with E-state index in [1.165, 1.54) is 5.56 Å². The molecule has 116 valence electrons. The van der Waals surface area contributed by atoms with Gasteiger partial charge >= 0.3 is 5.97 Å². The zero-order valence-electron chi connectivity index (χ0n) is 13.1. The second-order valence-electron chi connectivity index (χ2n) is 7.02. The van der Waals surface area contributed by atoms with Crippen molar-refractivity contribution < 1.29 is 9.90 Å². The molecule has 0 aromatic heterocycles. The topological polar surface area (TPSA) is 37.3 Å². The predicted molar refractivity (Wildman–Crippen MR) is 86.7 cm³/mol. The first kappa shape index (κ1) is 16.4. The van der Waals surface area contributed by atoms with Gasteiger partial charge in [0.2, 0.25) is 0 Å². The normalized spacial score (nSPS) is 28.1. The van der Waals surface area contributed by atoms with Crippen LogP contribution in [0.3, 0.4) is 0 Å². The maximum Gasteiger partial charge on any atom is 0.321 e. The van der Waals surface area contributed by atoms with Crippen LogP contribution in [0.2, 0.25) is 0 Å². The Morgan fingerprint density at radius 1 is 1.29 bits per heavy atom. The number of rotatable bonds is 4. The molecular weight excluding hydrogens is 284 g/mol. The Morgan fingerprint density at radius 3 is 2.48 bits per heavy atom. The molecule has 4 unspecified atom stereocenters. The molecule has 0 bridgehead atoms. The zero-order valence-corrected chi connectivity index (χ0v) is 13.8. The van der Waals surface area contributed by atoms with E-state index in [0.29, 0.717) is 11.8 Å². The summed E-state index contributed by atoms with van der Waals surface area (Å²) in [6, 6.07) is 10.4. The fraction of sp³-hybridized carbons (Fsp3) is 0.611. The number of hydrogen-bond donors (Lipinski definition) is 1. The maximum absolute atomic E-state index is 11.4. The Morgan fingerprint density at radius 2 is 1.90 bits per heavy atom. The fourth-order valence-electron chi connectivity index (χ4n) is 3.91. The minimum absolute atomic E-state index is 0.0307. The van der Waals surface area contributed by atoms with Gasteiger partial charge in [0.25, 0.3) is 0 Å². The van der Waals surface area contributed by atoms with E-state index in [1.54, 1.807) is 0 Å². The number of carbonyl (C=O) groups is 1. The minimum Gasteiger partial charge on any atom is -0.480 e. The molecule has 1 N–H and O–H groups in total. The monoisotopic (exact) mass is 308 g/mol. The van der Waals surface area contributed by atoms with Gasteiger partial charge in [-0.25, -0.2) is 0 Å². The minimum atomic E-state index is -0.885. The van der Waals surface area contributed by atoms with E-state index in [9.17, 15) is 9.90 Å². The molecular formula is C18H25ClO2. The molecule has 1 aromatic rings. The Kier molecular flexibility index (Phi) is 4.98. The molecule has 1 saturated carbocycles. The van der Waals surface area contributed by atoms with Gasteiger partial charge in [-0.1, -0.05) is 57.5 Å². The third-order valence-corrected chi connectivity index (χ3v) is 5.73. The Labute approximate surface area is 132 Å². The van der Waals surface area contributed by atoms with Crippen LogP contribution in [0.25, 0.3) is 0 Å². The van der Waals surface area contributed by atoms with Crippen LogP contribution in [0.1, 0.15) is 45.6 Å². The van der Waals surface area contributed by atoms with E-state index in [2.05, 4.69) is 32.9 Å². The van der Waals surface area contributed by atoms with Crippen molar-refractivity contribution in [3.8, 4) is 0 Å². The lowest BCUT2D eigenvalue weighted by atomic mass is 9.60. The van der Waals surface area contributed by atoms with Gasteiger partial charge in [0.05, 0.1) is 0 Å². The van der Waals surface area contributed by atoms with E-state index in [1.807, 2.05) is 18.2 Å². The van der Waals surface area contributed by atoms with E-state index >= 15 is 0 Å². The van der Waals surface area contributed by atoms with Crippen molar-refractivity contribution in [3.05, 3.63) is 35.9 Å². The van der Waals surface area contributed by atoms with E-state index in [-0.39, 0.29) is 11.3 Å². The standard InChI is InChI=1S/C18H25ClO2/c1-12-9-10-15(14(11-12)16(19)17(20)21)18(2,3)13-7-5-4-6-8-13/h4-8,12,14-16H,9-11H2,1-3H3,(H,20,21). The molecule has 0 radical (unpaired) electrons. The molecule has 0 heterocycles. The van der Waals surface area contributed by atoms with Crippen LogP contribution in [0.4, 0.5) is 0 Å². The van der Waals surface area contributed by atoms with E-state index in [0.717, 1.165) is 19.3 Å². The summed E-state index contributed by atoms with van der Waals surface area (Å²) >= 11 is 6.25. The average molecular weight is 309 g/mol. The molecule has 0 spiro atoms. The number of carboxylic acid groups (broad SMARTS) is 1. The highest BCUT2D eigenvalue weighted by Crippen LogP contribution is 2.47. The summed E-state index contributed by atoms with van der Waals surface area (Å²) in [7, 11) is 0. The van der Waals surface area contributed by atoms with Crippen molar-refractivity contribution in [3.63, 3.8) is 0 Å². The van der Waals surface area contributed by atoms with Crippen molar-refractivity contribution in [2.45, 2.75) is 50.8 Å². The first-order valence-electron chi connectivity index (χ1n) is 7.76. The van der Waals surface area contributed by atoms with Crippen LogP contribution in [-0.2, 0) is 10.2 Å². The molecule has 0 aliphatic heterocycles. The van der Waals surface area contributed by atoms with E-state index in [4.69, 9.17) is 11.6 Å². The summed E-state index contributed by atoms with van der Waals surface area (Å²) in [4.78, 5) is 11.4. The molecule has 1 aliphatic rings. The molecule has 1 fully saturated rings. The number of carboxylic acids is 1. The molecule has 21 heavy (non-hydrogen) atoms. The van der Waals surface area contributed by atoms with Crippen LogP contribution >= 0.6 is 11.6 Å². The molecule has 2 nitrogen and oxygen atoms in total. The SMILES string of the molecule is CC1CCC(C(C)(C)c2ccccc2)C(C(Cl)C(=O)O)C1. The Balaban J connectivity index is 2.32. The highest BCUT2D eigenvalue weighted by Gasteiger charge is 2.44. The zero-order chi connectivity index (χ0) is 15.6. The van der Waals surface area contributed by atoms with Crippen molar-refractivity contribution >= 4 is 17.6 Å². The van der Waals surface area contributed by atoms with Gasteiger partial charge in [0, 0.05) is 0 Å². The predicted octanol–water partition coefficient (Wildman–Crippen LogP) is 4.71. The molecule has 2 rings (SSSR count). The summed E-state index contributed by atoms with van der Waals surface area (Å²) in [6.45, 7) is 6.65. The van der Waals surface area contributed by atoms with Crippen LogP contribution in [0.15, 0.2) is 30.3 Å². The number of halogens is 1. The molecule has 1 aliphatic carbocycles.